The summed E-state index contributed by atoms with van der Waals surface area (Å²) in [7, 11) is 0. The number of carbonyl (C=O) groups excluding carboxylic acids is 8. The van der Waals surface area contributed by atoms with Crippen molar-refractivity contribution >= 4 is 47.1 Å². The third-order valence-corrected chi connectivity index (χ3v) is 20.9. The Morgan fingerprint density at radius 1 is 0.384 bits per heavy atom. The number of nitrogens with one attached hydrogen (secondary N) is 6. The lowest BCUT2D eigenvalue weighted by molar-refractivity contribution is -0.282. The second-order valence-electron chi connectivity index (χ2n) is 30.7. The molecule has 4 rings (SSSR count). The number of aliphatic hydroxyl groups is 10. The van der Waals surface area contributed by atoms with Crippen molar-refractivity contribution in [1.82, 2.24) is 36.8 Å². The average Bonchev–Trinajstić information content (AvgIpc) is 1.18. The number of aliphatic hydroxyl groups excluding tert-OH is 10. The number of hydrogen-bond donors (Lipinski definition) is 16. The van der Waals surface area contributed by atoms with Crippen molar-refractivity contribution < 1.29 is 132 Å². The molecule has 0 aromatic rings. The van der Waals surface area contributed by atoms with Crippen LogP contribution < -0.4 is 31.9 Å². The molecule has 34 heteroatoms. The van der Waals surface area contributed by atoms with Crippen LogP contribution in [0.25, 0.3) is 0 Å². The highest BCUT2D eigenvalue weighted by Gasteiger charge is 2.45. The second-order valence-corrected chi connectivity index (χ2v) is 30.7. The van der Waals surface area contributed by atoms with Gasteiger partial charge >= 0.3 is 0 Å². The van der Waals surface area contributed by atoms with Crippen LogP contribution in [0, 0.1) is 23.2 Å². The molecule has 0 saturated carbocycles. The van der Waals surface area contributed by atoms with E-state index in [0.29, 0.717) is 103 Å². The first kappa shape index (κ1) is 99.6. The predicted octanol–water partition coefficient (Wildman–Crippen LogP) is 0.468. The lowest BCUT2D eigenvalue weighted by Gasteiger charge is -2.40. The number of ketones is 1. The van der Waals surface area contributed by atoms with Crippen molar-refractivity contribution in [3.63, 3.8) is 0 Å². The zero-order valence-corrected chi connectivity index (χ0v) is 67.1. The minimum Gasteiger partial charge on any atom is -0.394 e. The van der Waals surface area contributed by atoms with Gasteiger partial charge in [-0.3, -0.25) is 38.4 Å². The molecule has 4 heterocycles. The van der Waals surface area contributed by atoms with Gasteiger partial charge in [0.15, 0.2) is 18.9 Å². The van der Waals surface area contributed by atoms with Gasteiger partial charge in [-0.15, -0.1) is 0 Å². The molecule has 0 aliphatic carbocycles. The smallest absolute Gasteiger partial charge is 0.222 e. The van der Waals surface area contributed by atoms with Crippen molar-refractivity contribution in [1.29, 1.82) is 0 Å². The summed E-state index contributed by atoms with van der Waals surface area (Å²) in [6.45, 7) is 8.10. The van der Waals surface area contributed by atoms with Gasteiger partial charge in [-0.25, -0.2) is 0 Å². The first-order valence-corrected chi connectivity index (χ1v) is 41.4. The molecule has 0 spiro atoms. The van der Waals surface area contributed by atoms with Crippen LogP contribution in [0.4, 0.5) is 0 Å². The van der Waals surface area contributed by atoms with E-state index in [9.17, 15) is 89.4 Å². The topological polar surface area (TPSA) is 497 Å². The van der Waals surface area contributed by atoms with Crippen LogP contribution in [-0.2, 0) is 81.0 Å². The van der Waals surface area contributed by atoms with Crippen molar-refractivity contribution in [3.05, 3.63) is 0 Å². The van der Waals surface area contributed by atoms with Gasteiger partial charge in [-0.05, 0) is 83.5 Å². The number of amides is 7. The zero-order chi connectivity index (χ0) is 82.1. The van der Waals surface area contributed by atoms with Crippen LogP contribution in [0.3, 0.4) is 0 Å². The highest BCUT2D eigenvalue weighted by Crippen LogP contribution is 2.32. The van der Waals surface area contributed by atoms with Gasteiger partial charge in [0.05, 0.1) is 83.9 Å². The van der Waals surface area contributed by atoms with Gasteiger partial charge in [0.1, 0.15) is 42.4 Å². The molecule has 0 aromatic carbocycles. The summed E-state index contributed by atoms with van der Waals surface area (Å²) in [5, 5.41) is 117. The largest absolute Gasteiger partial charge is 0.394 e. The van der Waals surface area contributed by atoms with E-state index in [0.717, 1.165) is 57.8 Å². The van der Waals surface area contributed by atoms with Gasteiger partial charge in [0.2, 0.25) is 41.4 Å². The van der Waals surface area contributed by atoms with E-state index in [4.69, 9.17) is 42.6 Å². The Morgan fingerprint density at radius 3 is 1.01 bits per heavy atom. The molecule has 112 heavy (non-hydrogen) atoms. The summed E-state index contributed by atoms with van der Waals surface area (Å²) in [6.07, 6.45) is 2.27. The van der Waals surface area contributed by atoms with E-state index in [-0.39, 0.29) is 184 Å². The quantitative estimate of drug-likeness (QED) is 0.0368. The molecule has 16 N–H and O–H groups in total. The van der Waals surface area contributed by atoms with E-state index in [1.54, 1.807) is 20.8 Å². The molecule has 17 atom stereocenters. The molecule has 4 fully saturated rings. The fraction of sp³-hybridized carbons (Fsp3) is 0.897. The Balaban J connectivity index is 1.27. The lowest BCUT2D eigenvalue weighted by Crippen LogP contribution is -2.55. The summed E-state index contributed by atoms with van der Waals surface area (Å²) in [4.78, 5) is 106. The van der Waals surface area contributed by atoms with Crippen LogP contribution in [-0.4, -0.2) is 314 Å². The summed E-state index contributed by atoms with van der Waals surface area (Å²) >= 11 is 0. The van der Waals surface area contributed by atoms with Crippen molar-refractivity contribution in [2.75, 3.05) is 125 Å². The fourth-order valence-electron chi connectivity index (χ4n) is 13.9. The van der Waals surface area contributed by atoms with Gasteiger partial charge in [-0.1, -0.05) is 72.6 Å². The maximum absolute atomic E-state index is 14.1. The average molecular weight is 1610 g/mol. The van der Waals surface area contributed by atoms with Crippen molar-refractivity contribution in [2.45, 2.75) is 300 Å². The normalized spacial score (nSPS) is 26.4. The first-order valence-electron chi connectivity index (χ1n) is 41.4. The Bertz CT molecular complexity index is 2410. The third kappa shape index (κ3) is 39.4. The number of unbranched alkanes of at least 4 members (excludes halogenated alkanes) is 10. The van der Waals surface area contributed by atoms with Crippen molar-refractivity contribution in [3.8, 4) is 0 Å². The zero-order valence-electron chi connectivity index (χ0n) is 67.1. The van der Waals surface area contributed by atoms with Crippen LogP contribution in [0.2, 0.25) is 0 Å². The number of nitrogens with zero attached hydrogens (tertiary/aromatic N) is 1. The van der Waals surface area contributed by atoms with Crippen LogP contribution in [0.1, 0.15) is 214 Å². The SMILES string of the molecule is CCC[C@@H]1C[C@@H](O)CN1C(=O)CCCCCCCCCCC(=O)CC(COCCC(=O)NCCCNC(=O)CCCCOC1OC(CO)C(O)C(O)C1C)(COCCC(=O)NCCCNC(=O)CCCCOC1OC(CO)C(O)C(O)C1C)COCCC(=O)NCCCNC(=O)CCCCOC1OC(CO)C(O)C(O)C1C. The van der Waals surface area contributed by atoms with E-state index < -0.39 is 123 Å². The summed E-state index contributed by atoms with van der Waals surface area (Å²) in [6, 6.07) is 0.112. The summed E-state index contributed by atoms with van der Waals surface area (Å²) < 4.78 is 52.6. The molecule has 0 radical (unpaired) electrons. The molecule has 0 aromatic heterocycles. The van der Waals surface area contributed by atoms with Crippen LogP contribution in [0.15, 0.2) is 0 Å². The number of rotatable bonds is 63. The highest BCUT2D eigenvalue weighted by molar-refractivity contribution is 5.80. The fourth-order valence-corrected chi connectivity index (χ4v) is 13.9. The lowest BCUT2D eigenvalue weighted by atomic mass is 9.84. The number of Topliss-reactive ketones (excluding diaryl/α,β-unsaturated/α-hetero) is 1. The Hall–Kier alpha value is -4.80. The molecule has 4 aliphatic heterocycles. The third-order valence-electron chi connectivity index (χ3n) is 20.9. The van der Waals surface area contributed by atoms with Gasteiger partial charge in [0, 0.05) is 153 Å². The maximum Gasteiger partial charge on any atom is 0.222 e. The Labute approximate surface area is 661 Å². The monoisotopic (exact) mass is 1610 g/mol. The van der Waals surface area contributed by atoms with Gasteiger partial charge < -0.3 is 130 Å². The molecular formula is C78H141N7O27. The highest BCUT2D eigenvalue weighted by atomic mass is 16.7. The van der Waals surface area contributed by atoms with E-state index in [2.05, 4.69) is 38.8 Å². The van der Waals surface area contributed by atoms with E-state index in [1.807, 2.05) is 4.90 Å². The molecule has 0 bridgehead atoms. The predicted molar refractivity (Wildman–Crippen MR) is 408 cm³/mol. The summed E-state index contributed by atoms with van der Waals surface area (Å²) in [5.74, 6) is -3.03. The van der Waals surface area contributed by atoms with E-state index in [1.165, 1.54) is 0 Å². The van der Waals surface area contributed by atoms with Gasteiger partial charge in [0.25, 0.3) is 0 Å². The molecule has 4 aliphatic rings. The number of ether oxygens (including phenoxy) is 9. The second kappa shape index (κ2) is 58.1. The molecule has 4 saturated heterocycles. The molecule has 7 amide bonds. The number of β-amino-alcohol motifs (C(OH)–C–C–N with tert-alkyl or cyclic N) is 1. The molecule has 15 unspecified atom stereocenters. The first-order chi connectivity index (χ1) is 53.9. The van der Waals surface area contributed by atoms with Gasteiger partial charge in [-0.2, -0.15) is 0 Å². The van der Waals surface area contributed by atoms with Crippen molar-refractivity contribution in [2.24, 2.45) is 23.2 Å². The number of hydrogen-bond acceptors (Lipinski definition) is 27. The minimum atomic E-state index is -1.23. The summed E-state index contributed by atoms with van der Waals surface area (Å²) in [5.41, 5.74) is -1.13. The number of likely N-dealkylation sites (tertiary alicyclic amines) is 1. The Morgan fingerprint density at radius 2 is 0.688 bits per heavy atom. The minimum absolute atomic E-state index is 0.0425. The van der Waals surface area contributed by atoms with E-state index >= 15 is 0 Å². The van der Waals surface area contributed by atoms with Crippen LogP contribution in [0.5, 0.6) is 0 Å². The molecule has 650 valence electrons. The maximum atomic E-state index is 14.1. The molecule has 34 nitrogen and oxygen atoms in total. The number of carbonyl (C=O) groups is 8. The molecular weight excluding hydrogens is 1470 g/mol. The van der Waals surface area contributed by atoms with Crippen LogP contribution >= 0.6 is 0 Å². The Kier molecular flexibility index (Phi) is 51.7. The standard InChI is InChI=1S/C78H141N7O27/c1-5-23-56-44-58(90)46-85(56)68(97)28-13-11-9-7-6-8-10-12-24-57(89)45-78(50-104-41-29-65(94)82-35-20-32-79-62(91)25-14-17-38-107-75-53(2)69(98)72(101)59(47-86)110-75,51-105-42-30-66(95)83-36-21-33-80-63(92)26-15-18-39-108-76-54(3)70(99)73(102)60(48-87)111-76)52-106-43-31-67(96)84-37-22-34-81-64(93)27-16-19-40-109-77-55(4)71(100)74(103)61(49-88)112-77/h53-56,58-61,69-77,86-88,90,98-103H,5-52H2,1-4H3,(H,79,91)(H,80,92)(H,81,93)(H,82,94)(H,83,95)(H,84,96)/t53?,54?,55?,56-,58-,59?,60?,61?,69?,70?,71?,72?,73?,74?,75?,76?,77?,78?/m1/s1.